The molecule has 0 spiro atoms. The van der Waals surface area contributed by atoms with Gasteiger partial charge in [-0.1, -0.05) is 12.1 Å². The average molecular weight is 380 g/mol. The average Bonchev–Trinajstić information content (AvgIpc) is 2.74. The number of pyridine rings is 1. The fraction of sp³-hybridized carbons (Fsp3) is 0.0952. The number of aromatic nitrogens is 1. The first-order valence-corrected chi connectivity index (χ1v) is 8.38. The number of ether oxygens (including phenoxy) is 2. The summed E-state index contributed by atoms with van der Waals surface area (Å²) in [6, 6.07) is 14.1. The van der Waals surface area contributed by atoms with Gasteiger partial charge in [-0.05, 0) is 48.0 Å². The van der Waals surface area contributed by atoms with Gasteiger partial charge in [0.15, 0.2) is 0 Å². The van der Waals surface area contributed by atoms with Crippen molar-refractivity contribution in [2.24, 2.45) is 0 Å². The molecule has 0 atom stereocenters. The van der Waals surface area contributed by atoms with E-state index in [9.17, 15) is 14.0 Å². The molecule has 0 aliphatic heterocycles. The van der Waals surface area contributed by atoms with E-state index in [4.69, 9.17) is 4.74 Å². The molecule has 3 rings (SSSR count). The van der Waals surface area contributed by atoms with Crippen molar-refractivity contribution in [3.8, 4) is 5.75 Å². The Bertz CT molecular complexity index is 993. The van der Waals surface area contributed by atoms with Crippen molar-refractivity contribution in [1.29, 1.82) is 0 Å². The number of methoxy groups -OCH3 is 1. The number of amides is 1. The molecular weight excluding hydrogens is 363 g/mol. The van der Waals surface area contributed by atoms with Gasteiger partial charge >= 0.3 is 5.97 Å². The van der Waals surface area contributed by atoms with Gasteiger partial charge in [0, 0.05) is 18.1 Å². The van der Waals surface area contributed by atoms with Gasteiger partial charge in [-0.2, -0.15) is 0 Å². The molecule has 1 aromatic heterocycles. The number of rotatable bonds is 6. The molecule has 0 saturated carbocycles. The molecule has 0 unspecified atom stereocenters. The van der Waals surface area contributed by atoms with E-state index in [1.54, 1.807) is 36.7 Å². The van der Waals surface area contributed by atoms with E-state index in [2.05, 4.69) is 15.0 Å². The van der Waals surface area contributed by atoms with Gasteiger partial charge < -0.3 is 14.8 Å². The number of benzene rings is 2. The lowest BCUT2D eigenvalue weighted by atomic mass is 10.1. The predicted octanol–water partition coefficient (Wildman–Crippen LogP) is 3.84. The number of carbonyl (C=O) groups is 2. The molecule has 2 aromatic carbocycles. The van der Waals surface area contributed by atoms with Crippen LogP contribution in [0.1, 0.15) is 26.3 Å². The van der Waals surface area contributed by atoms with Crippen LogP contribution in [0.5, 0.6) is 5.75 Å². The first-order chi connectivity index (χ1) is 13.6. The first-order valence-electron chi connectivity index (χ1n) is 8.38. The topological polar surface area (TPSA) is 77.5 Å². The molecular formula is C21H17FN2O4. The summed E-state index contributed by atoms with van der Waals surface area (Å²) in [7, 11) is 1.16. The number of anilines is 1. The van der Waals surface area contributed by atoms with E-state index >= 15 is 0 Å². The number of halogens is 1. The fourth-order valence-corrected chi connectivity index (χ4v) is 2.49. The van der Waals surface area contributed by atoms with Crippen molar-refractivity contribution in [3.05, 3.63) is 89.5 Å². The van der Waals surface area contributed by atoms with Crippen LogP contribution in [0.2, 0.25) is 0 Å². The third-order valence-electron chi connectivity index (χ3n) is 3.90. The van der Waals surface area contributed by atoms with E-state index in [0.29, 0.717) is 11.3 Å². The molecule has 0 saturated heterocycles. The van der Waals surface area contributed by atoms with Crippen LogP contribution in [-0.4, -0.2) is 24.0 Å². The van der Waals surface area contributed by atoms with Crippen LogP contribution < -0.4 is 10.1 Å². The van der Waals surface area contributed by atoms with E-state index < -0.39 is 17.7 Å². The number of carbonyl (C=O) groups excluding carboxylic acids is 2. The lowest BCUT2D eigenvalue weighted by Gasteiger charge is -2.12. The van der Waals surface area contributed by atoms with Gasteiger partial charge in [0.1, 0.15) is 18.2 Å². The standard InChI is InChI=1S/C21H17FN2O4/c1-27-21(26)17-12-15(6-7-18(17)22)24-20(25)16-4-2-3-5-19(16)28-13-14-8-10-23-11-9-14/h2-12H,13H2,1H3,(H,24,25). The Balaban J connectivity index is 1.77. The number of hydrogen-bond donors (Lipinski definition) is 1. The lowest BCUT2D eigenvalue weighted by Crippen LogP contribution is -2.14. The first kappa shape index (κ1) is 19.0. The monoisotopic (exact) mass is 380 g/mol. The van der Waals surface area contributed by atoms with Gasteiger partial charge in [-0.15, -0.1) is 0 Å². The minimum atomic E-state index is -0.824. The Morgan fingerprint density at radius 2 is 1.79 bits per heavy atom. The highest BCUT2D eigenvalue weighted by Crippen LogP contribution is 2.22. The summed E-state index contributed by atoms with van der Waals surface area (Å²) in [6.45, 7) is 0.274. The van der Waals surface area contributed by atoms with Gasteiger partial charge in [0.2, 0.25) is 0 Å². The summed E-state index contributed by atoms with van der Waals surface area (Å²) in [4.78, 5) is 28.2. The zero-order valence-electron chi connectivity index (χ0n) is 15.0. The largest absolute Gasteiger partial charge is 0.488 e. The summed E-state index contributed by atoms with van der Waals surface area (Å²) in [6.07, 6.45) is 3.31. The molecule has 0 fully saturated rings. The quantitative estimate of drug-likeness (QED) is 0.658. The molecule has 0 aliphatic rings. The fourth-order valence-electron chi connectivity index (χ4n) is 2.49. The maximum atomic E-state index is 13.8. The normalized spacial score (nSPS) is 10.2. The molecule has 0 radical (unpaired) electrons. The second-order valence-corrected chi connectivity index (χ2v) is 5.78. The molecule has 3 aromatic rings. The summed E-state index contributed by atoms with van der Waals surface area (Å²) in [5, 5.41) is 2.64. The van der Waals surface area contributed by atoms with E-state index in [1.807, 2.05) is 12.1 Å². The molecule has 142 valence electrons. The van der Waals surface area contributed by atoms with Gasteiger partial charge in [0.25, 0.3) is 5.91 Å². The van der Waals surface area contributed by atoms with Crippen molar-refractivity contribution >= 4 is 17.6 Å². The predicted molar refractivity (Wildman–Crippen MR) is 101 cm³/mol. The van der Waals surface area contributed by atoms with Crippen LogP contribution in [-0.2, 0) is 11.3 Å². The molecule has 1 amide bonds. The minimum absolute atomic E-state index is 0.260. The third-order valence-corrected chi connectivity index (χ3v) is 3.90. The summed E-state index contributed by atoms with van der Waals surface area (Å²) >= 11 is 0. The smallest absolute Gasteiger partial charge is 0.340 e. The Kier molecular flexibility index (Phi) is 5.96. The van der Waals surface area contributed by atoms with Crippen molar-refractivity contribution in [2.45, 2.75) is 6.61 Å². The maximum absolute atomic E-state index is 13.8. The zero-order valence-corrected chi connectivity index (χ0v) is 15.0. The number of nitrogens with one attached hydrogen (secondary N) is 1. The van der Waals surface area contributed by atoms with Crippen LogP contribution in [0.3, 0.4) is 0 Å². The number of esters is 1. The summed E-state index contributed by atoms with van der Waals surface area (Å²) in [5.74, 6) is -1.61. The SMILES string of the molecule is COC(=O)c1cc(NC(=O)c2ccccc2OCc2ccncc2)ccc1F. The Morgan fingerprint density at radius 1 is 1.04 bits per heavy atom. The number of para-hydroxylation sites is 1. The minimum Gasteiger partial charge on any atom is -0.488 e. The van der Waals surface area contributed by atoms with Crippen molar-refractivity contribution in [3.63, 3.8) is 0 Å². The van der Waals surface area contributed by atoms with Crippen molar-refractivity contribution < 1.29 is 23.5 Å². The number of nitrogens with zero attached hydrogens (tertiary/aromatic N) is 1. The van der Waals surface area contributed by atoms with Crippen LogP contribution in [0.25, 0.3) is 0 Å². The molecule has 6 nitrogen and oxygen atoms in total. The van der Waals surface area contributed by atoms with Gasteiger partial charge in [-0.3, -0.25) is 9.78 Å². The van der Waals surface area contributed by atoms with Crippen molar-refractivity contribution in [1.82, 2.24) is 4.98 Å². The van der Waals surface area contributed by atoms with Gasteiger partial charge in [0.05, 0.1) is 18.2 Å². The van der Waals surface area contributed by atoms with Gasteiger partial charge in [-0.25, -0.2) is 9.18 Å². The molecule has 1 N–H and O–H groups in total. The molecule has 0 bridgehead atoms. The molecule has 28 heavy (non-hydrogen) atoms. The van der Waals surface area contributed by atoms with Crippen LogP contribution in [0, 0.1) is 5.82 Å². The second-order valence-electron chi connectivity index (χ2n) is 5.78. The van der Waals surface area contributed by atoms with Crippen molar-refractivity contribution in [2.75, 3.05) is 12.4 Å². The highest BCUT2D eigenvalue weighted by molar-refractivity contribution is 6.06. The Hall–Kier alpha value is -3.74. The lowest BCUT2D eigenvalue weighted by molar-refractivity contribution is 0.0595. The molecule has 7 heteroatoms. The van der Waals surface area contributed by atoms with Crippen LogP contribution in [0.15, 0.2) is 67.0 Å². The van der Waals surface area contributed by atoms with E-state index in [-0.39, 0.29) is 17.9 Å². The second kappa shape index (κ2) is 8.77. The maximum Gasteiger partial charge on any atom is 0.340 e. The van der Waals surface area contributed by atoms with Crippen LogP contribution in [0.4, 0.5) is 10.1 Å². The Labute approximate surface area is 160 Å². The molecule has 0 aliphatic carbocycles. The number of hydrogen-bond acceptors (Lipinski definition) is 5. The van der Waals surface area contributed by atoms with Crippen LogP contribution >= 0.6 is 0 Å². The highest BCUT2D eigenvalue weighted by Gasteiger charge is 2.16. The Morgan fingerprint density at radius 3 is 2.54 bits per heavy atom. The zero-order chi connectivity index (χ0) is 19.9. The summed E-state index contributed by atoms with van der Waals surface area (Å²) in [5.41, 5.74) is 1.21. The summed E-state index contributed by atoms with van der Waals surface area (Å²) < 4.78 is 24.1. The van der Waals surface area contributed by atoms with E-state index in [0.717, 1.165) is 18.7 Å². The highest BCUT2D eigenvalue weighted by atomic mass is 19.1. The molecule has 1 heterocycles. The third kappa shape index (κ3) is 4.50. The van der Waals surface area contributed by atoms with E-state index in [1.165, 1.54) is 12.1 Å².